The van der Waals surface area contributed by atoms with E-state index >= 15 is 0 Å². The minimum absolute atomic E-state index is 0.0412. The molecule has 0 fully saturated rings. The first-order chi connectivity index (χ1) is 7.18. The topological polar surface area (TPSA) is 30.2 Å². The Morgan fingerprint density at radius 1 is 1.60 bits per heavy atom. The third kappa shape index (κ3) is 2.13. The highest BCUT2D eigenvalue weighted by Gasteiger charge is 2.15. The average molecular weight is 241 g/mol. The molecule has 0 atom stereocenters. The molecule has 0 aliphatic rings. The van der Waals surface area contributed by atoms with Crippen LogP contribution >= 0.6 is 22.9 Å². The number of ketones is 1. The predicted molar refractivity (Wildman–Crippen MR) is 60.8 cm³/mol. The highest BCUT2D eigenvalue weighted by atomic mass is 35.5. The summed E-state index contributed by atoms with van der Waals surface area (Å²) in [5, 5.41) is 2.47. The maximum absolute atomic E-state index is 11.8. The summed E-state index contributed by atoms with van der Waals surface area (Å²) in [5.74, 6) is 0.0412. The summed E-state index contributed by atoms with van der Waals surface area (Å²) in [7, 11) is 0. The number of Topliss-reactive ketones (excluding diaryl/α,β-unsaturated/α-hetero) is 1. The largest absolute Gasteiger partial charge is 0.472 e. The van der Waals surface area contributed by atoms with Gasteiger partial charge in [-0.25, -0.2) is 0 Å². The molecule has 0 saturated heterocycles. The fraction of sp³-hybridized carbons (Fsp3) is 0.182. The van der Waals surface area contributed by atoms with E-state index in [1.807, 2.05) is 12.3 Å². The van der Waals surface area contributed by atoms with Crippen LogP contribution in [0.5, 0.6) is 0 Å². The maximum atomic E-state index is 11.8. The van der Waals surface area contributed by atoms with Crippen LogP contribution in [0.1, 0.15) is 20.8 Å². The van der Waals surface area contributed by atoms with Gasteiger partial charge in [-0.15, -0.1) is 11.3 Å². The third-order valence-electron chi connectivity index (χ3n) is 2.10. The zero-order valence-electron chi connectivity index (χ0n) is 8.12. The molecule has 0 radical (unpaired) electrons. The van der Waals surface area contributed by atoms with Crippen molar-refractivity contribution < 1.29 is 9.21 Å². The Morgan fingerprint density at radius 3 is 2.93 bits per heavy atom. The standard InChI is InChI=1S/C11H9ClO2S/c1-7-6-15-11(10(7)12)9(13)4-8-2-3-14-5-8/h2-3,5-6H,4H2,1H3. The zero-order valence-corrected chi connectivity index (χ0v) is 9.69. The number of hydrogen-bond acceptors (Lipinski definition) is 3. The first-order valence-corrected chi connectivity index (χ1v) is 5.72. The summed E-state index contributed by atoms with van der Waals surface area (Å²) in [6.45, 7) is 1.90. The lowest BCUT2D eigenvalue weighted by Crippen LogP contribution is -2.00. The minimum atomic E-state index is 0.0412. The summed E-state index contributed by atoms with van der Waals surface area (Å²) < 4.78 is 4.90. The molecular weight excluding hydrogens is 232 g/mol. The molecule has 0 amide bonds. The van der Waals surface area contributed by atoms with Crippen molar-refractivity contribution in [3.63, 3.8) is 0 Å². The monoisotopic (exact) mass is 240 g/mol. The summed E-state index contributed by atoms with van der Waals surface area (Å²) in [6.07, 6.45) is 3.48. The minimum Gasteiger partial charge on any atom is -0.472 e. The molecule has 2 nitrogen and oxygen atoms in total. The molecule has 4 heteroatoms. The van der Waals surface area contributed by atoms with Crippen molar-refractivity contribution in [3.05, 3.63) is 45.0 Å². The molecule has 0 saturated carbocycles. The van der Waals surface area contributed by atoms with Gasteiger partial charge in [-0.2, -0.15) is 0 Å². The van der Waals surface area contributed by atoms with Crippen LogP contribution in [0, 0.1) is 6.92 Å². The van der Waals surface area contributed by atoms with E-state index in [0.29, 0.717) is 16.3 Å². The van der Waals surface area contributed by atoms with Crippen LogP contribution in [0.2, 0.25) is 5.02 Å². The van der Waals surface area contributed by atoms with Gasteiger partial charge in [0, 0.05) is 6.42 Å². The highest BCUT2D eigenvalue weighted by molar-refractivity contribution is 7.13. The first-order valence-electron chi connectivity index (χ1n) is 4.46. The lowest BCUT2D eigenvalue weighted by Gasteiger charge is -1.96. The van der Waals surface area contributed by atoms with Crippen LogP contribution in [0.4, 0.5) is 0 Å². The smallest absolute Gasteiger partial charge is 0.178 e. The Kier molecular flexibility index (Phi) is 2.93. The summed E-state index contributed by atoms with van der Waals surface area (Å²) in [6, 6.07) is 1.78. The number of carbonyl (C=O) groups excluding carboxylic acids is 1. The maximum Gasteiger partial charge on any atom is 0.178 e. The number of halogens is 1. The average Bonchev–Trinajstić information content (AvgIpc) is 2.79. The lowest BCUT2D eigenvalue weighted by molar-refractivity contribution is 0.0996. The molecule has 0 N–H and O–H groups in total. The Balaban J connectivity index is 2.19. The second kappa shape index (κ2) is 4.21. The van der Waals surface area contributed by atoms with Gasteiger partial charge in [0.25, 0.3) is 0 Å². The molecule has 2 aromatic heterocycles. The molecule has 0 aliphatic heterocycles. The highest BCUT2D eigenvalue weighted by Crippen LogP contribution is 2.28. The molecule has 0 bridgehead atoms. The Morgan fingerprint density at radius 2 is 2.40 bits per heavy atom. The number of thiophene rings is 1. The lowest BCUT2D eigenvalue weighted by atomic mass is 10.1. The van der Waals surface area contributed by atoms with Gasteiger partial charge in [0.15, 0.2) is 5.78 Å². The van der Waals surface area contributed by atoms with E-state index in [1.54, 1.807) is 18.6 Å². The third-order valence-corrected chi connectivity index (χ3v) is 3.84. The van der Waals surface area contributed by atoms with E-state index in [1.165, 1.54) is 11.3 Å². The molecule has 78 valence electrons. The van der Waals surface area contributed by atoms with Crippen LogP contribution in [-0.4, -0.2) is 5.78 Å². The number of furan rings is 1. The molecule has 0 spiro atoms. The number of aryl methyl sites for hydroxylation is 1. The molecule has 2 aromatic rings. The molecule has 0 unspecified atom stereocenters. The van der Waals surface area contributed by atoms with Crippen LogP contribution in [0.3, 0.4) is 0 Å². The normalized spacial score (nSPS) is 10.5. The molecule has 0 aromatic carbocycles. The van der Waals surface area contributed by atoms with E-state index in [-0.39, 0.29) is 5.78 Å². The van der Waals surface area contributed by atoms with E-state index in [4.69, 9.17) is 16.0 Å². The SMILES string of the molecule is Cc1csc(C(=O)Cc2ccoc2)c1Cl. The van der Waals surface area contributed by atoms with E-state index in [0.717, 1.165) is 11.1 Å². The van der Waals surface area contributed by atoms with Gasteiger partial charge in [0.05, 0.1) is 22.4 Å². The van der Waals surface area contributed by atoms with Gasteiger partial charge < -0.3 is 4.42 Å². The van der Waals surface area contributed by atoms with Gasteiger partial charge >= 0.3 is 0 Å². The zero-order chi connectivity index (χ0) is 10.8. The second-order valence-corrected chi connectivity index (χ2v) is 4.55. The van der Waals surface area contributed by atoms with Gasteiger partial charge in [0.2, 0.25) is 0 Å². The van der Waals surface area contributed by atoms with Crippen LogP contribution in [0.15, 0.2) is 28.4 Å². The summed E-state index contributed by atoms with van der Waals surface area (Å²) in [4.78, 5) is 12.5. The second-order valence-electron chi connectivity index (χ2n) is 3.29. The Bertz CT molecular complexity index is 471. The van der Waals surface area contributed by atoms with E-state index in [2.05, 4.69) is 0 Å². The van der Waals surface area contributed by atoms with Gasteiger partial charge in [-0.05, 0) is 29.5 Å². The van der Waals surface area contributed by atoms with Crippen LogP contribution in [-0.2, 0) is 6.42 Å². The van der Waals surface area contributed by atoms with E-state index in [9.17, 15) is 4.79 Å². The Labute approximate surface area is 96.5 Å². The van der Waals surface area contributed by atoms with Gasteiger partial charge in [0.1, 0.15) is 0 Å². The fourth-order valence-corrected chi connectivity index (χ4v) is 2.52. The summed E-state index contributed by atoms with van der Waals surface area (Å²) in [5.41, 5.74) is 1.83. The van der Waals surface area contributed by atoms with Gasteiger partial charge in [-0.3, -0.25) is 4.79 Å². The molecule has 15 heavy (non-hydrogen) atoms. The van der Waals surface area contributed by atoms with Crippen LogP contribution in [0.25, 0.3) is 0 Å². The fourth-order valence-electron chi connectivity index (χ4n) is 1.28. The van der Waals surface area contributed by atoms with Crippen molar-refractivity contribution in [3.8, 4) is 0 Å². The molecule has 0 aliphatic carbocycles. The molecular formula is C11H9ClO2S. The summed E-state index contributed by atoms with van der Waals surface area (Å²) >= 11 is 7.40. The van der Waals surface area contributed by atoms with Crippen molar-refractivity contribution in [2.75, 3.05) is 0 Å². The van der Waals surface area contributed by atoms with Crippen molar-refractivity contribution in [1.29, 1.82) is 0 Å². The quantitative estimate of drug-likeness (QED) is 0.766. The van der Waals surface area contributed by atoms with Crippen molar-refractivity contribution >= 4 is 28.7 Å². The van der Waals surface area contributed by atoms with Crippen molar-refractivity contribution in [2.45, 2.75) is 13.3 Å². The Hall–Kier alpha value is -1.06. The predicted octanol–water partition coefficient (Wildman–Crippen LogP) is 3.73. The first kappa shape index (κ1) is 10.5. The van der Waals surface area contributed by atoms with Gasteiger partial charge in [-0.1, -0.05) is 11.6 Å². The number of rotatable bonds is 3. The number of hydrogen-bond donors (Lipinski definition) is 0. The van der Waals surface area contributed by atoms with Crippen molar-refractivity contribution in [1.82, 2.24) is 0 Å². The molecule has 2 heterocycles. The number of carbonyl (C=O) groups is 1. The van der Waals surface area contributed by atoms with Crippen molar-refractivity contribution in [2.24, 2.45) is 0 Å². The van der Waals surface area contributed by atoms with E-state index < -0.39 is 0 Å². The molecule has 2 rings (SSSR count). The van der Waals surface area contributed by atoms with Crippen LogP contribution < -0.4 is 0 Å².